The van der Waals surface area contributed by atoms with Gasteiger partial charge in [0.15, 0.2) is 0 Å². The minimum absolute atomic E-state index is 0.0202. The van der Waals surface area contributed by atoms with Gasteiger partial charge in [0.25, 0.3) is 0 Å². The van der Waals surface area contributed by atoms with Crippen LogP contribution in [0.15, 0.2) is 54.6 Å². The molecule has 34 heavy (non-hydrogen) atoms. The van der Waals surface area contributed by atoms with E-state index in [1.54, 1.807) is 23.8 Å². The van der Waals surface area contributed by atoms with Crippen LogP contribution in [0.5, 0.6) is 5.75 Å². The van der Waals surface area contributed by atoms with Crippen LogP contribution in [-0.4, -0.2) is 41.7 Å². The summed E-state index contributed by atoms with van der Waals surface area (Å²) in [6.45, 7) is 2.41. The Hall–Kier alpha value is -2.47. The first-order valence-electron chi connectivity index (χ1n) is 12.4. The van der Waals surface area contributed by atoms with E-state index in [-0.39, 0.29) is 17.9 Å². The van der Waals surface area contributed by atoms with Crippen molar-refractivity contribution in [1.29, 1.82) is 0 Å². The summed E-state index contributed by atoms with van der Waals surface area (Å²) in [7, 11) is 1.64. The molecule has 0 aromatic heterocycles. The Kier molecular flexibility index (Phi) is 10.8. The highest BCUT2D eigenvalue weighted by Gasteiger charge is 2.30. The molecule has 1 N–H and O–H groups in total. The van der Waals surface area contributed by atoms with Crippen LogP contribution in [0.2, 0.25) is 0 Å². The summed E-state index contributed by atoms with van der Waals surface area (Å²) in [4.78, 5) is 28.4. The van der Waals surface area contributed by atoms with E-state index in [0.29, 0.717) is 19.4 Å². The Morgan fingerprint density at radius 2 is 1.74 bits per heavy atom. The van der Waals surface area contributed by atoms with Crippen molar-refractivity contribution < 1.29 is 14.3 Å². The number of carbonyl (C=O) groups is 2. The van der Waals surface area contributed by atoms with E-state index in [1.165, 1.54) is 12.0 Å². The lowest BCUT2D eigenvalue weighted by molar-refractivity contribution is -0.141. The summed E-state index contributed by atoms with van der Waals surface area (Å²) in [6, 6.07) is 17.8. The van der Waals surface area contributed by atoms with Gasteiger partial charge in [0.1, 0.15) is 11.8 Å². The first-order chi connectivity index (χ1) is 16.6. The summed E-state index contributed by atoms with van der Waals surface area (Å²) < 4.78 is 5.27. The third-order valence-corrected chi connectivity index (χ3v) is 7.45. The molecular formula is C28H38N2O3S. The zero-order valence-electron chi connectivity index (χ0n) is 20.5. The number of amides is 2. The molecule has 0 radical (unpaired) electrons. The van der Waals surface area contributed by atoms with Gasteiger partial charge in [-0.15, -0.1) is 0 Å². The molecule has 0 saturated heterocycles. The zero-order chi connectivity index (χ0) is 24.2. The van der Waals surface area contributed by atoms with Crippen molar-refractivity contribution in [3.63, 3.8) is 0 Å². The van der Waals surface area contributed by atoms with Crippen LogP contribution < -0.4 is 10.1 Å². The fraction of sp³-hybridized carbons (Fsp3) is 0.500. The fourth-order valence-electron chi connectivity index (χ4n) is 4.46. The normalized spacial score (nSPS) is 14.9. The number of methoxy groups -OCH3 is 1. The number of hydrogen-bond acceptors (Lipinski definition) is 4. The van der Waals surface area contributed by atoms with Crippen LogP contribution >= 0.6 is 11.8 Å². The number of nitrogens with zero attached hydrogens (tertiary/aromatic N) is 1. The van der Waals surface area contributed by atoms with Crippen molar-refractivity contribution in [2.24, 2.45) is 0 Å². The quantitative estimate of drug-likeness (QED) is 0.402. The van der Waals surface area contributed by atoms with E-state index in [2.05, 4.69) is 17.4 Å². The molecule has 1 fully saturated rings. The van der Waals surface area contributed by atoms with Crippen LogP contribution in [0.1, 0.15) is 63.0 Å². The molecule has 6 heteroatoms. The lowest BCUT2D eigenvalue weighted by Crippen LogP contribution is -2.51. The molecule has 5 nitrogen and oxygen atoms in total. The summed E-state index contributed by atoms with van der Waals surface area (Å²) in [5.41, 5.74) is 2.25. The Morgan fingerprint density at radius 1 is 1.03 bits per heavy atom. The Bertz CT molecular complexity index is 882. The third-order valence-electron chi connectivity index (χ3n) is 6.42. The minimum atomic E-state index is -0.462. The van der Waals surface area contributed by atoms with Crippen molar-refractivity contribution in [2.75, 3.05) is 12.9 Å². The Morgan fingerprint density at radius 3 is 2.38 bits per heavy atom. The molecule has 3 rings (SSSR count). The summed E-state index contributed by atoms with van der Waals surface area (Å²) in [6.07, 6.45) is 6.64. The highest BCUT2D eigenvalue weighted by Crippen LogP contribution is 2.21. The molecule has 0 spiro atoms. The number of benzene rings is 2. The van der Waals surface area contributed by atoms with Crippen LogP contribution in [0.3, 0.4) is 0 Å². The van der Waals surface area contributed by atoms with Gasteiger partial charge in [0.2, 0.25) is 11.8 Å². The molecular weight excluding hydrogens is 444 g/mol. The van der Waals surface area contributed by atoms with Gasteiger partial charge < -0.3 is 15.0 Å². The van der Waals surface area contributed by atoms with Crippen LogP contribution in [0.25, 0.3) is 0 Å². The number of rotatable bonds is 12. The van der Waals surface area contributed by atoms with Crippen molar-refractivity contribution in [1.82, 2.24) is 10.2 Å². The number of carbonyl (C=O) groups excluding carboxylic acids is 2. The molecule has 1 aliphatic carbocycles. The van der Waals surface area contributed by atoms with Crippen LogP contribution in [0.4, 0.5) is 0 Å². The van der Waals surface area contributed by atoms with Crippen LogP contribution in [0, 0.1) is 0 Å². The highest BCUT2D eigenvalue weighted by molar-refractivity contribution is 7.98. The maximum absolute atomic E-state index is 13.4. The maximum atomic E-state index is 13.4. The molecule has 0 aliphatic heterocycles. The molecule has 0 unspecified atom stereocenters. The molecule has 184 valence electrons. The van der Waals surface area contributed by atoms with Gasteiger partial charge in [-0.3, -0.25) is 9.59 Å². The molecule has 1 saturated carbocycles. The fourth-order valence-corrected chi connectivity index (χ4v) is 5.35. The van der Waals surface area contributed by atoms with Crippen LogP contribution in [-0.2, 0) is 21.9 Å². The topological polar surface area (TPSA) is 58.6 Å². The second-order valence-electron chi connectivity index (χ2n) is 8.93. The molecule has 0 bridgehead atoms. The van der Waals surface area contributed by atoms with E-state index < -0.39 is 6.04 Å². The number of hydrogen-bond donors (Lipinski definition) is 1. The van der Waals surface area contributed by atoms with Crippen molar-refractivity contribution in [2.45, 2.75) is 76.3 Å². The van der Waals surface area contributed by atoms with Crippen molar-refractivity contribution in [3.8, 4) is 5.75 Å². The van der Waals surface area contributed by atoms with Gasteiger partial charge >= 0.3 is 0 Å². The number of thioether (sulfide) groups is 1. The predicted molar refractivity (Wildman–Crippen MR) is 140 cm³/mol. The molecule has 1 aliphatic rings. The maximum Gasteiger partial charge on any atom is 0.243 e. The second-order valence-corrected chi connectivity index (χ2v) is 10.0. The first kappa shape index (κ1) is 26.1. The first-order valence-corrected chi connectivity index (χ1v) is 13.6. The molecule has 2 amide bonds. The average molecular weight is 483 g/mol. The Labute approximate surface area is 208 Å². The number of ether oxygens (including phenoxy) is 1. The highest BCUT2D eigenvalue weighted by atomic mass is 32.2. The smallest absolute Gasteiger partial charge is 0.243 e. The minimum Gasteiger partial charge on any atom is -0.497 e. The third kappa shape index (κ3) is 8.08. The zero-order valence-corrected chi connectivity index (χ0v) is 21.3. The lowest BCUT2D eigenvalue weighted by Gasteiger charge is -2.33. The van der Waals surface area contributed by atoms with Gasteiger partial charge in [-0.2, -0.15) is 11.8 Å². The second kappa shape index (κ2) is 14.1. The lowest BCUT2D eigenvalue weighted by atomic mass is 9.95. The predicted octanol–water partition coefficient (Wildman–Crippen LogP) is 5.57. The van der Waals surface area contributed by atoms with Crippen molar-refractivity contribution >= 4 is 23.6 Å². The monoisotopic (exact) mass is 482 g/mol. The van der Waals surface area contributed by atoms with E-state index in [1.807, 2.05) is 49.4 Å². The van der Waals surface area contributed by atoms with E-state index in [0.717, 1.165) is 48.5 Å². The molecule has 0 heterocycles. The summed E-state index contributed by atoms with van der Waals surface area (Å²) in [5, 5.41) is 3.24. The van der Waals surface area contributed by atoms with Gasteiger partial charge in [-0.1, -0.05) is 68.7 Å². The molecule has 2 aromatic rings. The Balaban J connectivity index is 1.65. The van der Waals surface area contributed by atoms with E-state index in [9.17, 15) is 9.59 Å². The van der Waals surface area contributed by atoms with Gasteiger partial charge in [0.05, 0.1) is 7.11 Å². The summed E-state index contributed by atoms with van der Waals surface area (Å²) in [5.74, 6) is 2.40. The van der Waals surface area contributed by atoms with Crippen molar-refractivity contribution in [3.05, 3.63) is 65.7 Å². The largest absolute Gasteiger partial charge is 0.497 e. The average Bonchev–Trinajstić information content (AvgIpc) is 2.88. The number of nitrogens with one attached hydrogen (secondary N) is 1. The van der Waals surface area contributed by atoms with Gasteiger partial charge in [-0.05, 0) is 42.5 Å². The van der Waals surface area contributed by atoms with E-state index in [4.69, 9.17) is 4.74 Å². The van der Waals surface area contributed by atoms with Gasteiger partial charge in [-0.25, -0.2) is 0 Å². The SMILES string of the molecule is CC[C@@H](C(=O)NC1CCCCC1)N(Cc1ccc(OC)cc1)C(=O)CCSCc1ccccc1. The van der Waals surface area contributed by atoms with Gasteiger partial charge in [0, 0.05) is 30.5 Å². The molecule has 2 aromatic carbocycles. The standard InChI is InChI=1S/C28H38N2O3S/c1-3-26(28(32)29-24-12-8-5-9-13-24)30(20-22-14-16-25(33-2)17-15-22)27(31)18-19-34-21-23-10-6-4-7-11-23/h4,6-7,10-11,14-17,24,26H,3,5,8-9,12-13,18-21H2,1-2H3,(H,29,32)/t26-/m0/s1. The summed E-state index contributed by atoms with van der Waals surface area (Å²) >= 11 is 1.75. The molecule has 1 atom stereocenters. The van der Waals surface area contributed by atoms with E-state index >= 15 is 0 Å².